The van der Waals surface area contributed by atoms with Gasteiger partial charge in [0.05, 0.1) is 0 Å². The second-order valence-corrected chi connectivity index (χ2v) is 4.85. The largest absolute Gasteiger partial charge is 0.0616 e. The molecule has 0 fully saturated rings. The van der Waals surface area contributed by atoms with Gasteiger partial charge in [-0.15, -0.1) is 0 Å². The molecule has 15 heavy (non-hydrogen) atoms. The first-order valence-corrected chi connectivity index (χ1v) is 6.85. The molecule has 0 radical (unpaired) electrons. The van der Waals surface area contributed by atoms with E-state index in [0.717, 1.165) is 0 Å². The Labute approximate surface area is 95.9 Å². The van der Waals surface area contributed by atoms with Crippen LogP contribution in [-0.4, -0.2) is 14.5 Å². The van der Waals surface area contributed by atoms with Gasteiger partial charge in [-0.05, 0) is 10.8 Å². The van der Waals surface area contributed by atoms with Gasteiger partial charge in [0.1, 0.15) is 0 Å². The van der Waals surface area contributed by atoms with Gasteiger partial charge in [0, 0.05) is 0 Å². The SMILES string of the molecule is c1cc[se]c1.c1ccc2ccccc2c1. The summed E-state index contributed by atoms with van der Waals surface area (Å²) in [6.07, 6.45) is 0. The van der Waals surface area contributed by atoms with E-state index in [4.69, 9.17) is 0 Å². The van der Waals surface area contributed by atoms with Crippen molar-refractivity contribution in [3.8, 4) is 0 Å². The third-order valence-electron chi connectivity index (χ3n) is 2.08. The molecule has 1 heterocycles. The molecule has 0 saturated carbocycles. The van der Waals surface area contributed by atoms with E-state index in [1.165, 1.54) is 10.8 Å². The predicted molar refractivity (Wildman–Crippen MR) is 67.3 cm³/mol. The van der Waals surface area contributed by atoms with Gasteiger partial charge in [-0.3, -0.25) is 0 Å². The maximum absolute atomic E-state index is 2.19. The standard InChI is InChI=1S/C10H8.C4H4Se/c1-2-6-10-8-4-3-7-9(10)5-1;1-2-4-5-3-1/h1-8H;1-4H. The smallest absolute Gasteiger partial charge is 0.0184 e. The van der Waals surface area contributed by atoms with E-state index < -0.39 is 0 Å². The Hall–Kier alpha value is -1.30. The van der Waals surface area contributed by atoms with E-state index in [1.54, 1.807) is 0 Å². The molecular weight excluding hydrogens is 247 g/mol. The molecule has 1 heteroatoms. The average molecular weight is 259 g/mol. The van der Waals surface area contributed by atoms with E-state index in [0.29, 0.717) is 14.5 Å². The molecule has 0 spiro atoms. The van der Waals surface area contributed by atoms with Crippen molar-refractivity contribution >= 4 is 25.3 Å². The van der Waals surface area contributed by atoms with Gasteiger partial charge in [-0.2, -0.15) is 0 Å². The number of fused-ring (bicyclic) bond motifs is 1. The zero-order chi connectivity index (χ0) is 10.3. The molecule has 2 aromatic carbocycles. The zero-order valence-electron chi connectivity index (χ0n) is 8.34. The molecule has 0 aliphatic carbocycles. The van der Waals surface area contributed by atoms with E-state index in [9.17, 15) is 0 Å². The van der Waals surface area contributed by atoms with Gasteiger partial charge in [-0.25, -0.2) is 0 Å². The molecule has 0 bridgehead atoms. The summed E-state index contributed by atoms with van der Waals surface area (Å²) >= 11 is 0.708. The van der Waals surface area contributed by atoms with E-state index in [2.05, 4.69) is 70.5 Å². The summed E-state index contributed by atoms with van der Waals surface area (Å²) in [5.41, 5.74) is 0. The Morgan fingerprint density at radius 2 is 0.933 bits per heavy atom. The predicted octanol–water partition coefficient (Wildman–Crippen LogP) is 3.58. The van der Waals surface area contributed by atoms with Gasteiger partial charge in [0.25, 0.3) is 0 Å². The van der Waals surface area contributed by atoms with Crippen LogP contribution < -0.4 is 0 Å². The summed E-state index contributed by atoms with van der Waals surface area (Å²) in [4.78, 5) is 4.38. The van der Waals surface area contributed by atoms with E-state index >= 15 is 0 Å². The van der Waals surface area contributed by atoms with Crippen LogP contribution in [0.4, 0.5) is 0 Å². The summed E-state index contributed by atoms with van der Waals surface area (Å²) < 4.78 is 0. The normalized spacial score (nSPS) is 9.33. The summed E-state index contributed by atoms with van der Waals surface area (Å²) in [7, 11) is 0. The van der Waals surface area contributed by atoms with Crippen molar-refractivity contribution in [2.45, 2.75) is 0 Å². The minimum Gasteiger partial charge on any atom is -0.0616 e. The molecule has 74 valence electrons. The first kappa shape index (κ1) is 10.2. The Balaban J connectivity index is 0.000000144. The second kappa shape index (κ2) is 5.55. The Bertz CT molecular complexity index is 415. The molecule has 0 atom stereocenters. The van der Waals surface area contributed by atoms with Gasteiger partial charge < -0.3 is 0 Å². The third kappa shape index (κ3) is 3.09. The maximum Gasteiger partial charge on any atom is -0.0184 e. The average Bonchev–Trinajstić information content (AvgIpc) is 2.88. The van der Waals surface area contributed by atoms with Gasteiger partial charge >= 0.3 is 36.5 Å². The van der Waals surface area contributed by atoms with Crippen molar-refractivity contribution in [3.05, 3.63) is 70.5 Å². The molecule has 3 rings (SSSR count). The molecule has 1 aromatic heterocycles. The molecule has 0 unspecified atom stereocenters. The fourth-order valence-corrected chi connectivity index (χ4v) is 2.31. The maximum atomic E-state index is 2.19. The Morgan fingerprint density at radius 1 is 0.533 bits per heavy atom. The molecule has 0 N–H and O–H groups in total. The minimum absolute atomic E-state index is 0.708. The monoisotopic (exact) mass is 260 g/mol. The number of benzene rings is 2. The molecule has 0 amide bonds. The van der Waals surface area contributed by atoms with Crippen LogP contribution in [0.15, 0.2) is 70.5 Å². The van der Waals surface area contributed by atoms with Crippen LogP contribution in [0.3, 0.4) is 0 Å². The van der Waals surface area contributed by atoms with Crippen molar-refractivity contribution in [3.63, 3.8) is 0 Å². The summed E-state index contributed by atoms with van der Waals surface area (Å²) in [5, 5.41) is 2.62. The molecule has 3 aromatic rings. The number of hydrogen-bond acceptors (Lipinski definition) is 0. The second-order valence-electron chi connectivity index (χ2n) is 3.14. The van der Waals surface area contributed by atoms with Crippen LogP contribution in [0.5, 0.6) is 0 Å². The van der Waals surface area contributed by atoms with Crippen molar-refractivity contribution < 1.29 is 0 Å². The van der Waals surface area contributed by atoms with Gasteiger partial charge in [-0.1, -0.05) is 48.5 Å². The van der Waals surface area contributed by atoms with Gasteiger partial charge in [0.2, 0.25) is 0 Å². The van der Waals surface area contributed by atoms with Crippen LogP contribution >= 0.6 is 0 Å². The topological polar surface area (TPSA) is 0 Å². The number of hydrogen-bond donors (Lipinski definition) is 0. The molecule has 0 nitrogen and oxygen atoms in total. The summed E-state index contributed by atoms with van der Waals surface area (Å²) in [5.74, 6) is 0. The summed E-state index contributed by atoms with van der Waals surface area (Å²) in [6, 6.07) is 20.9. The van der Waals surface area contributed by atoms with Crippen LogP contribution in [-0.2, 0) is 0 Å². The molecule has 0 saturated heterocycles. The molecular formula is C14H12Se. The Morgan fingerprint density at radius 3 is 1.20 bits per heavy atom. The minimum atomic E-state index is 0.708. The van der Waals surface area contributed by atoms with Crippen molar-refractivity contribution in [1.29, 1.82) is 0 Å². The fourth-order valence-electron chi connectivity index (χ4n) is 1.36. The van der Waals surface area contributed by atoms with Crippen molar-refractivity contribution in [2.75, 3.05) is 0 Å². The van der Waals surface area contributed by atoms with E-state index in [1.807, 2.05) is 0 Å². The van der Waals surface area contributed by atoms with Crippen molar-refractivity contribution in [2.24, 2.45) is 0 Å². The van der Waals surface area contributed by atoms with Crippen molar-refractivity contribution in [1.82, 2.24) is 0 Å². The van der Waals surface area contributed by atoms with Gasteiger partial charge in [0.15, 0.2) is 0 Å². The van der Waals surface area contributed by atoms with Crippen LogP contribution in [0.1, 0.15) is 0 Å². The zero-order valence-corrected chi connectivity index (χ0v) is 10.0. The van der Waals surface area contributed by atoms with Crippen LogP contribution in [0.2, 0.25) is 0 Å². The number of rotatable bonds is 0. The third-order valence-corrected chi connectivity index (χ3v) is 3.40. The quantitative estimate of drug-likeness (QED) is 0.541. The first-order valence-electron chi connectivity index (χ1n) is 4.88. The van der Waals surface area contributed by atoms with Crippen LogP contribution in [0, 0.1) is 0 Å². The van der Waals surface area contributed by atoms with E-state index in [-0.39, 0.29) is 0 Å². The van der Waals surface area contributed by atoms with Crippen LogP contribution in [0.25, 0.3) is 10.8 Å². The molecule has 0 aliphatic rings. The molecule has 0 aliphatic heterocycles. The Kier molecular flexibility index (Phi) is 3.78. The first-order chi connectivity index (χ1) is 7.47. The summed E-state index contributed by atoms with van der Waals surface area (Å²) in [6.45, 7) is 0. The fraction of sp³-hybridized carbons (Fsp3) is 0.